The lowest BCUT2D eigenvalue weighted by molar-refractivity contribution is -0.380. The summed E-state index contributed by atoms with van der Waals surface area (Å²) in [5, 5.41) is 17.1. The number of aromatic nitrogens is 1. The van der Waals surface area contributed by atoms with Crippen molar-refractivity contribution in [2.45, 2.75) is 42.2 Å². The molecule has 0 atom stereocenters. The Bertz CT molecular complexity index is 1100. The molecule has 30 heavy (non-hydrogen) atoms. The van der Waals surface area contributed by atoms with Crippen LogP contribution >= 0.6 is 11.3 Å². The van der Waals surface area contributed by atoms with Crippen LogP contribution in [0, 0.1) is 10.1 Å². The van der Waals surface area contributed by atoms with Crippen molar-refractivity contribution >= 4 is 37.7 Å². The molecule has 1 aromatic carbocycles. The number of rotatable bonds is 8. The van der Waals surface area contributed by atoms with E-state index < -0.39 is 14.8 Å². The molecular weight excluding hydrogens is 428 g/mol. The minimum Gasteiger partial charge on any atom is -0.296 e. The summed E-state index contributed by atoms with van der Waals surface area (Å²) in [7, 11) is -3.31. The zero-order valence-electron chi connectivity index (χ0n) is 16.1. The summed E-state index contributed by atoms with van der Waals surface area (Å²) >= 11 is 0.862. The van der Waals surface area contributed by atoms with E-state index in [4.69, 9.17) is 0 Å². The van der Waals surface area contributed by atoms with Gasteiger partial charge in [0.15, 0.2) is 15.6 Å². The first-order valence-electron chi connectivity index (χ1n) is 9.65. The van der Waals surface area contributed by atoms with Crippen molar-refractivity contribution in [1.82, 2.24) is 9.99 Å². The number of thiazole rings is 1. The van der Waals surface area contributed by atoms with Gasteiger partial charge in [0, 0.05) is 18.7 Å². The standard InChI is InChI=1S/C19H20N4O5S2/c24-16(11-17-20-12-18(29-17)23(25)26)19(21-22-9-1-2-10-22)13-3-5-14(6-4-13)30(27,28)15-7-8-15/h3-6,12,15H,1-2,7-11H2/b21-19+. The molecule has 1 saturated heterocycles. The molecule has 1 aliphatic carbocycles. The van der Waals surface area contributed by atoms with Crippen molar-refractivity contribution in [2.24, 2.45) is 5.10 Å². The highest BCUT2D eigenvalue weighted by atomic mass is 32.2. The van der Waals surface area contributed by atoms with Gasteiger partial charge in [0.05, 0.1) is 21.5 Å². The van der Waals surface area contributed by atoms with Crippen LogP contribution in [0.4, 0.5) is 5.00 Å². The van der Waals surface area contributed by atoms with Crippen molar-refractivity contribution in [2.75, 3.05) is 13.1 Å². The molecule has 2 aromatic rings. The monoisotopic (exact) mass is 448 g/mol. The molecule has 0 radical (unpaired) electrons. The zero-order valence-corrected chi connectivity index (χ0v) is 17.7. The number of carbonyl (C=O) groups is 1. The number of hydrogen-bond donors (Lipinski definition) is 0. The maximum atomic E-state index is 13.0. The van der Waals surface area contributed by atoms with Gasteiger partial charge in [-0.05, 0) is 49.2 Å². The van der Waals surface area contributed by atoms with E-state index in [1.54, 1.807) is 12.1 Å². The molecule has 2 heterocycles. The Morgan fingerprint density at radius 1 is 1.23 bits per heavy atom. The molecule has 0 amide bonds. The highest BCUT2D eigenvalue weighted by Gasteiger charge is 2.36. The number of benzene rings is 1. The van der Waals surface area contributed by atoms with E-state index >= 15 is 0 Å². The van der Waals surface area contributed by atoms with Crippen LogP contribution in [0.5, 0.6) is 0 Å². The Morgan fingerprint density at radius 2 is 1.90 bits per heavy atom. The van der Waals surface area contributed by atoms with Crippen LogP contribution in [0.15, 0.2) is 40.5 Å². The third-order valence-corrected chi connectivity index (χ3v) is 8.27. The van der Waals surface area contributed by atoms with Gasteiger partial charge in [0.25, 0.3) is 0 Å². The molecular formula is C19H20N4O5S2. The maximum absolute atomic E-state index is 13.0. The number of hydrogen-bond acceptors (Lipinski definition) is 9. The summed E-state index contributed by atoms with van der Waals surface area (Å²) in [5.41, 5.74) is 0.734. The molecule has 11 heteroatoms. The number of Topliss-reactive ketones (excluding diaryl/α,β-unsaturated/α-hetero) is 1. The lowest BCUT2D eigenvalue weighted by Gasteiger charge is -2.14. The van der Waals surface area contributed by atoms with Crippen molar-refractivity contribution in [3.05, 3.63) is 51.1 Å². The Labute approximate surface area is 177 Å². The molecule has 0 N–H and O–H groups in total. The second-order valence-corrected chi connectivity index (χ2v) is 10.6. The van der Waals surface area contributed by atoms with Crippen LogP contribution in [0.1, 0.15) is 36.3 Å². The minimum absolute atomic E-state index is 0.104. The van der Waals surface area contributed by atoms with Gasteiger partial charge < -0.3 is 0 Å². The minimum atomic E-state index is -3.31. The van der Waals surface area contributed by atoms with Crippen LogP contribution in [-0.2, 0) is 21.1 Å². The van der Waals surface area contributed by atoms with Crippen molar-refractivity contribution in [3.8, 4) is 0 Å². The number of sulfone groups is 1. The third kappa shape index (κ3) is 4.41. The van der Waals surface area contributed by atoms with E-state index in [0.29, 0.717) is 23.4 Å². The SMILES string of the molecule is O=C(Cc1ncc([N+](=O)[O-])s1)/C(=N/N1CCCC1)c1ccc(S(=O)(=O)C2CC2)cc1. The normalized spacial score (nSPS) is 17.3. The first-order chi connectivity index (χ1) is 14.3. The number of ketones is 1. The first kappa shape index (κ1) is 20.6. The predicted octanol–water partition coefficient (Wildman–Crippen LogP) is 2.60. The van der Waals surface area contributed by atoms with Crippen molar-refractivity contribution in [1.29, 1.82) is 0 Å². The second kappa shape index (κ2) is 8.23. The Balaban J connectivity index is 1.60. The Morgan fingerprint density at radius 3 is 2.47 bits per heavy atom. The van der Waals surface area contributed by atoms with E-state index in [1.165, 1.54) is 12.1 Å². The molecule has 2 aliphatic rings. The fourth-order valence-corrected chi connectivity index (χ4v) is 5.66. The lowest BCUT2D eigenvalue weighted by Crippen LogP contribution is -2.23. The van der Waals surface area contributed by atoms with Crippen LogP contribution in [0.3, 0.4) is 0 Å². The van der Waals surface area contributed by atoms with E-state index in [9.17, 15) is 23.3 Å². The van der Waals surface area contributed by atoms with E-state index in [0.717, 1.165) is 43.5 Å². The molecule has 1 aromatic heterocycles. The van der Waals surface area contributed by atoms with Crippen LogP contribution < -0.4 is 0 Å². The van der Waals surface area contributed by atoms with E-state index in [2.05, 4.69) is 10.1 Å². The number of nitro groups is 1. The summed E-state index contributed by atoms with van der Waals surface area (Å²) in [6.07, 6.45) is 4.38. The molecule has 158 valence electrons. The van der Waals surface area contributed by atoms with Gasteiger partial charge in [-0.2, -0.15) is 5.10 Å². The van der Waals surface area contributed by atoms with Crippen LogP contribution in [-0.4, -0.2) is 53.2 Å². The van der Waals surface area contributed by atoms with Crippen LogP contribution in [0.25, 0.3) is 0 Å². The summed E-state index contributed by atoms with van der Waals surface area (Å²) < 4.78 is 24.8. The van der Waals surface area contributed by atoms with E-state index in [-0.39, 0.29) is 33.1 Å². The topological polar surface area (TPSA) is 123 Å². The summed E-state index contributed by atoms with van der Waals surface area (Å²) in [6, 6.07) is 6.24. The molecule has 0 spiro atoms. The van der Waals surface area contributed by atoms with Crippen molar-refractivity contribution < 1.29 is 18.1 Å². The fraction of sp³-hybridized carbons (Fsp3) is 0.421. The number of hydrazone groups is 1. The predicted molar refractivity (Wildman–Crippen MR) is 111 cm³/mol. The molecule has 9 nitrogen and oxygen atoms in total. The number of carbonyl (C=O) groups excluding carboxylic acids is 1. The summed E-state index contributed by atoms with van der Waals surface area (Å²) in [6.45, 7) is 1.49. The lowest BCUT2D eigenvalue weighted by atomic mass is 10.0. The maximum Gasteiger partial charge on any atom is 0.343 e. The molecule has 0 bridgehead atoms. The molecule has 4 rings (SSSR count). The molecule has 0 unspecified atom stereocenters. The molecule has 1 saturated carbocycles. The number of nitrogens with zero attached hydrogens (tertiary/aromatic N) is 4. The Hall–Kier alpha value is -2.66. The zero-order chi connectivity index (χ0) is 21.3. The fourth-order valence-electron chi connectivity index (χ4n) is 3.28. The van der Waals surface area contributed by atoms with Gasteiger partial charge in [-0.3, -0.25) is 19.9 Å². The first-order valence-corrected chi connectivity index (χ1v) is 12.0. The average molecular weight is 449 g/mol. The summed E-state index contributed by atoms with van der Waals surface area (Å²) in [5.74, 6) is -0.316. The van der Waals surface area contributed by atoms with Gasteiger partial charge in [-0.15, -0.1) is 0 Å². The summed E-state index contributed by atoms with van der Waals surface area (Å²) in [4.78, 5) is 27.5. The third-order valence-electron chi connectivity index (χ3n) is 5.04. The van der Waals surface area contributed by atoms with E-state index in [1.807, 2.05) is 5.01 Å². The Kier molecular flexibility index (Phi) is 5.65. The van der Waals surface area contributed by atoms with Gasteiger partial charge in [-0.1, -0.05) is 12.1 Å². The van der Waals surface area contributed by atoms with Gasteiger partial charge in [0.2, 0.25) is 0 Å². The largest absolute Gasteiger partial charge is 0.343 e. The second-order valence-electron chi connectivity index (χ2n) is 7.33. The smallest absolute Gasteiger partial charge is 0.296 e. The van der Waals surface area contributed by atoms with Crippen LogP contribution in [0.2, 0.25) is 0 Å². The highest BCUT2D eigenvalue weighted by Crippen LogP contribution is 2.33. The highest BCUT2D eigenvalue weighted by molar-refractivity contribution is 7.92. The van der Waals surface area contributed by atoms with Gasteiger partial charge >= 0.3 is 5.00 Å². The molecule has 2 fully saturated rings. The average Bonchev–Trinajstić information content (AvgIpc) is 3.27. The van der Waals surface area contributed by atoms with Gasteiger partial charge in [0.1, 0.15) is 16.9 Å². The van der Waals surface area contributed by atoms with Crippen molar-refractivity contribution in [3.63, 3.8) is 0 Å². The quantitative estimate of drug-likeness (QED) is 0.345. The van der Waals surface area contributed by atoms with Gasteiger partial charge in [-0.25, -0.2) is 13.4 Å². The molecule has 1 aliphatic heterocycles.